The standard InChI is InChI=1S/C28H30N2O2/c1-21-12-14-22(15-13-21)19-30-20-25(18-27(30)31)28(32)29-17-16-26(23-8-4-2-5-9-23)24-10-6-3-7-11-24/h2-15,25-26H,16-20H2,1H3,(H,29,32). The summed E-state index contributed by atoms with van der Waals surface area (Å²) in [5.41, 5.74) is 4.78. The average Bonchev–Trinajstić information content (AvgIpc) is 3.19. The van der Waals surface area contributed by atoms with Crippen molar-refractivity contribution in [1.29, 1.82) is 0 Å². The highest BCUT2D eigenvalue weighted by molar-refractivity contribution is 5.89. The summed E-state index contributed by atoms with van der Waals surface area (Å²) in [5.74, 6) is -0.0254. The van der Waals surface area contributed by atoms with Gasteiger partial charge in [0.25, 0.3) is 0 Å². The van der Waals surface area contributed by atoms with Crippen molar-refractivity contribution in [2.75, 3.05) is 13.1 Å². The van der Waals surface area contributed by atoms with Crippen LogP contribution in [0.5, 0.6) is 0 Å². The summed E-state index contributed by atoms with van der Waals surface area (Å²) in [5, 5.41) is 3.09. The van der Waals surface area contributed by atoms with E-state index in [4.69, 9.17) is 0 Å². The molecule has 2 amide bonds. The minimum atomic E-state index is -0.278. The van der Waals surface area contributed by atoms with Gasteiger partial charge < -0.3 is 10.2 Å². The van der Waals surface area contributed by atoms with Crippen LogP contribution in [0.1, 0.15) is 41.0 Å². The predicted molar refractivity (Wildman–Crippen MR) is 127 cm³/mol. The number of hydrogen-bond donors (Lipinski definition) is 1. The molecule has 32 heavy (non-hydrogen) atoms. The molecule has 0 saturated carbocycles. The fourth-order valence-corrected chi connectivity index (χ4v) is 4.40. The molecule has 0 aromatic heterocycles. The first-order valence-corrected chi connectivity index (χ1v) is 11.3. The monoisotopic (exact) mass is 426 g/mol. The van der Waals surface area contributed by atoms with Gasteiger partial charge in [0.15, 0.2) is 0 Å². The molecule has 1 N–H and O–H groups in total. The summed E-state index contributed by atoms with van der Waals surface area (Å²) >= 11 is 0. The van der Waals surface area contributed by atoms with Gasteiger partial charge in [0.2, 0.25) is 11.8 Å². The Hall–Kier alpha value is -3.40. The van der Waals surface area contributed by atoms with E-state index >= 15 is 0 Å². The lowest BCUT2D eigenvalue weighted by Gasteiger charge is -2.19. The number of carbonyl (C=O) groups excluding carboxylic acids is 2. The van der Waals surface area contributed by atoms with Crippen LogP contribution in [0.25, 0.3) is 0 Å². The van der Waals surface area contributed by atoms with Gasteiger partial charge in [0.1, 0.15) is 0 Å². The zero-order chi connectivity index (χ0) is 22.3. The Morgan fingerprint density at radius 2 is 1.53 bits per heavy atom. The first kappa shape index (κ1) is 21.8. The van der Waals surface area contributed by atoms with Crippen LogP contribution in [0.3, 0.4) is 0 Å². The van der Waals surface area contributed by atoms with Gasteiger partial charge in [-0.05, 0) is 30.0 Å². The van der Waals surface area contributed by atoms with Gasteiger partial charge in [-0.15, -0.1) is 0 Å². The lowest BCUT2D eigenvalue weighted by molar-refractivity contribution is -0.129. The number of likely N-dealkylation sites (tertiary alicyclic amines) is 1. The maximum atomic E-state index is 12.8. The molecule has 0 radical (unpaired) electrons. The quantitative estimate of drug-likeness (QED) is 0.568. The molecule has 1 saturated heterocycles. The summed E-state index contributed by atoms with van der Waals surface area (Å²) in [7, 11) is 0. The van der Waals surface area contributed by atoms with Gasteiger partial charge in [-0.3, -0.25) is 9.59 Å². The number of rotatable bonds is 8. The van der Waals surface area contributed by atoms with Crippen molar-refractivity contribution >= 4 is 11.8 Å². The first-order chi connectivity index (χ1) is 15.6. The van der Waals surface area contributed by atoms with Crippen LogP contribution in [0.4, 0.5) is 0 Å². The second kappa shape index (κ2) is 10.3. The second-order valence-corrected chi connectivity index (χ2v) is 8.61. The van der Waals surface area contributed by atoms with E-state index in [0.717, 1.165) is 12.0 Å². The van der Waals surface area contributed by atoms with Gasteiger partial charge >= 0.3 is 0 Å². The summed E-state index contributed by atoms with van der Waals surface area (Å²) in [4.78, 5) is 27.1. The molecule has 0 aliphatic carbocycles. The van der Waals surface area contributed by atoms with E-state index in [9.17, 15) is 9.59 Å². The third-order valence-electron chi connectivity index (χ3n) is 6.22. The molecule has 0 spiro atoms. The molecular weight excluding hydrogens is 396 g/mol. The van der Waals surface area contributed by atoms with Crippen LogP contribution in [-0.4, -0.2) is 29.8 Å². The topological polar surface area (TPSA) is 49.4 Å². The molecule has 1 unspecified atom stereocenters. The number of amides is 2. The van der Waals surface area contributed by atoms with Crippen molar-refractivity contribution in [2.45, 2.75) is 32.2 Å². The zero-order valence-corrected chi connectivity index (χ0v) is 18.5. The number of benzene rings is 3. The fraction of sp³-hybridized carbons (Fsp3) is 0.286. The predicted octanol–water partition coefficient (Wildman–Crippen LogP) is 4.68. The maximum Gasteiger partial charge on any atom is 0.225 e. The molecule has 1 fully saturated rings. The van der Waals surface area contributed by atoms with Crippen molar-refractivity contribution in [3.05, 3.63) is 107 Å². The average molecular weight is 427 g/mol. The van der Waals surface area contributed by atoms with Gasteiger partial charge in [-0.1, -0.05) is 90.5 Å². The zero-order valence-electron chi connectivity index (χ0n) is 18.5. The molecular formula is C28H30N2O2. The van der Waals surface area contributed by atoms with E-state index in [0.29, 0.717) is 26.1 Å². The highest BCUT2D eigenvalue weighted by Crippen LogP contribution is 2.27. The lowest BCUT2D eigenvalue weighted by Crippen LogP contribution is -2.34. The Balaban J connectivity index is 1.32. The molecule has 3 aromatic rings. The summed E-state index contributed by atoms with van der Waals surface area (Å²) in [6.45, 7) is 3.67. The lowest BCUT2D eigenvalue weighted by atomic mass is 9.88. The van der Waals surface area contributed by atoms with Crippen LogP contribution < -0.4 is 5.32 Å². The summed E-state index contributed by atoms with van der Waals surface area (Å²) in [6.07, 6.45) is 1.10. The molecule has 1 aliphatic rings. The molecule has 164 valence electrons. The molecule has 0 bridgehead atoms. The minimum absolute atomic E-state index is 0.0235. The normalized spacial score (nSPS) is 15.9. The molecule has 4 rings (SSSR count). The third kappa shape index (κ3) is 5.44. The van der Waals surface area contributed by atoms with Crippen LogP contribution in [0, 0.1) is 12.8 Å². The molecule has 1 atom stereocenters. The summed E-state index contributed by atoms with van der Waals surface area (Å²) < 4.78 is 0. The number of nitrogens with one attached hydrogen (secondary N) is 1. The van der Waals surface area contributed by atoms with Gasteiger partial charge in [0, 0.05) is 32.0 Å². The maximum absolute atomic E-state index is 12.8. The number of carbonyl (C=O) groups is 2. The highest BCUT2D eigenvalue weighted by Gasteiger charge is 2.34. The van der Waals surface area contributed by atoms with E-state index < -0.39 is 0 Å². The smallest absolute Gasteiger partial charge is 0.225 e. The Labute approximate surface area is 190 Å². The fourth-order valence-electron chi connectivity index (χ4n) is 4.40. The van der Waals surface area contributed by atoms with Crippen molar-refractivity contribution < 1.29 is 9.59 Å². The Kier molecular flexibility index (Phi) is 7.00. The second-order valence-electron chi connectivity index (χ2n) is 8.61. The third-order valence-corrected chi connectivity index (χ3v) is 6.22. The number of aryl methyl sites for hydroxylation is 1. The SMILES string of the molecule is Cc1ccc(CN2CC(C(=O)NCCC(c3ccccc3)c3ccccc3)CC2=O)cc1. The molecule has 4 heteroatoms. The number of nitrogens with zero attached hydrogens (tertiary/aromatic N) is 1. The summed E-state index contributed by atoms with van der Waals surface area (Å²) in [6, 6.07) is 29.0. The Bertz CT molecular complexity index is 993. The van der Waals surface area contributed by atoms with Crippen molar-refractivity contribution in [3.63, 3.8) is 0 Å². The van der Waals surface area contributed by atoms with Crippen LogP contribution >= 0.6 is 0 Å². The van der Waals surface area contributed by atoms with E-state index in [1.165, 1.54) is 16.7 Å². The highest BCUT2D eigenvalue weighted by atomic mass is 16.2. The van der Waals surface area contributed by atoms with Crippen molar-refractivity contribution in [2.24, 2.45) is 5.92 Å². The van der Waals surface area contributed by atoms with Crippen molar-refractivity contribution in [1.82, 2.24) is 10.2 Å². The van der Waals surface area contributed by atoms with Gasteiger partial charge in [-0.2, -0.15) is 0 Å². The Morgan fingerprint density at radius 1 is 0.938 bits per heavy atom. The molecule has 1 aliphatic heterocycles. The van der Waals surface area contributed by atoms with Gasteiger partial charge in [-0.25, -0.2) is 0 Å². The van der Waals surface area contributed by atoms with Crippen LogP contribution in [0.2, 0.25) is 0 Å². The van der Waals surface area contributed by atoms with E-state index in [1.807, 2.05) is 31.2 Å². The molecule has 1 heterocycles. The van der Waals surface area contributed by atoms with E-state index in [1.54, 1.807) is 4.90 Å². The van der Waals surface area contributed by atoms with Crippen LogP contribution in [0.15, 0.2) is 84.9 Å². The van der Waals surface area contributed by atoms with E-state index in [-0.39, 0.29) is 23.7 Å². The molecule has 4 nitrogen and oxygen atoms in total. The van der Waals surface area contributed by atoms with Crippen LogP contribution in [-0.2, 0) is 16.1 Å². The van der Waals surface area contributed by atoms with Gasteiger partial charge in [0.05, 0.1) is 5.92 Å². The van der Waals surface area contributed by atoms with E-state index in [2.05, 4.69) is 66.0 Å². The Morgan fingerprint density at radius 3 is 2.12 bits per heavy atom. The largest absolute Gasteiger partial charge is 0.356 e. The number of hydrogen-bond acceptors (Lipinski definition) is 2. The van der Waals surface area contributed by atoms with Crippen molar-refractivity contribution in [3.8, 4) is 0 Å². The minimum Gasteiger partial charge on any atom is -0.356 e. The molecule has 3 aromatic carbocycles. The first-order valence-electron chi connectivity index (χ1n) is 11.3.